The van der Waals surface area contributed by atoms with Crippen molar-refractivity contribution < 1.29 is 13.9 Å². The molecule has 4 heteroatoms. The molecule has 1 atom stereocenters. The van der Waals surface area contributed by atoms with Crippen LogP contribution < -0.4 is 0 Å². The topological polar surface area (TPSA) is 20.2 Å². The molecule has 1 aromatic carbocycles. The highest BCUT2D eigenvalue weighted by molar-refractivity contribution is 6.30. The van der Waals surface area contributed by atoms with Crippen molar-refractivity contribution >= 4 is 11.6 Å². The van der Waals surface area contributed by atoms with Crippen LogP contribution in [0, 0.1) is 11.6 Å². The van der Waals surface area contributed by atoms with E-state index in [1.807, 2.05) is 0 Å². The van der Waals surface area contributed by atoms with Gasteiger partial charge in [-0.25, -0.2) is 8.78 Å². The Labute approximate surface area is 79.3 Å². The maximum atomic E-state index is 13.0. The summed E-state index contributed by atoms with van der Waals surface area (Å²) in [5, 5.41) is 8.85. The first-order valence-electron chi connectivity index (χ1n) is 3.51. The summed E-state index contributed by atoms with van der Waals surface area (Å²) >= 11 is 5.31. The van der Waals surface area contributed by atoms with Crippen molar-refractivity contribution in [1.29, 1.82) is 0 Å². The van der Waals surface area contributed by atoms with Gasteiger partial charge in [-0.1, -0.05) is 17.7 Å². The molecule has 0 heterocycles. The molecule has 0 aliphatic heterocycles. The summed E-state index contributed by atoms with van der Waals surface area (Å²) in [5.74, 6) is -1.52. The molecule has 0 radical (unpaired) electrons. The number of hydrogen-bond acceptors (Lipinski definition) is 1. The molecule has 0 amide bonds. The van der Waals surface area contributed by atoms with Crippen molar-refractivity contribution in [2.45, 2.75) is 6.10 Å². The first-order chi connectivity index (χ1) is 6.06. The Balaban J connectivity index is 3.22. The second-order valence-electron chi connectivity index (χ2n) is 2.47. The smallest absolute Gasteiger partial charge is 0.142 e. The summed E-state index contributed by atoms with van der Waals surface area (Å²) in [6, 6.07) is 1.67. The predicted octanol–water partition coefficient (Wildman–Crippen LogP) is 2.84. The Morgan fingerprint density at radius 1 is 1.38 bits per heavy atom. The first kappa shape index (κ1) is 10.2. The summed E-state index contributed by atoms with van der Waals surface area (Å²) in [6.07, 6.45) is -0.113. The van der Waals surface area contributed by atoms with E-state index in [1.54, 1.807) is 0 Å². The lowest BCUT2D eigenvalue weighted by Crippen LogP contribution is -1.98. The zero-order valence-corrected chi connectivity index (χ0v) is 7.35. The van der Waals surface area contributed by atoms with Gasteiger partial charge in [0.05, 0.1) is 11.1 Å². The molecule has 1 N–H and O–H groups in total. The summed E-state index contributed by atoms with van der Waals surface area (Å²) in [4.78, 5) is 0. The van der Waals surface area contributed by atoms with Crippen LogP contribution in [0.15, 0.2) is 24.8 Å². The molecule has 0 fully saturated rings. The first-order valence-corrected chi connectivity index (χ1v) is 3.89. The van der Waals surface area contributed by atoms with Crippen molar-refractivity contribution in [3.63, 3.8) is 0 Å². The van der Waals surface area contributed by atoms with Crippen LogP contribution in [0.5, 0.6) is 0 Å². The maximum absolute atomic E-state index is 13.0. The van der Waals surface area contributed by atoms with Gasteiger partial charge < -0.3 is 5.11 Å². The second kappa shape index (κ2) is 3.85. The van der Waals surface area contributed by atoms with E-state index in [1.165, 1.54) is 0 Å². The molecule has 70 valence electrons. The molecule has 1 rings (SSSR count). The zero-order chi connectivity index (χ0) is 10.0. The molecule has 1 nitrogen and oxygen atoms in total. The van der Waals surface area contributed by atoms with Gasteiger partial charge in [0, 0.05) is 5.56 Å². The molecular formula is C9H7ClF2O. The molecule has 0 saturated carbocycles. The lowest BCUT2D eigenvalue weighted by Gasteiger charge is -2.07. The van der Waals surface area contributed by atoms with E-state index in [-0.39, 0.29) is 10.6 Å². The summed E-state index contributed by atoms with van der Waals surface area (Å²) in [6.45, 7) is 3.26. The fraction of sp³-hybridized carbons (Fsp3) is 0.111. The number of halogens is 3. The van der Waals surface area contributed by atoms with E-state index < -0.39 is 17.7 Å². The van der Waals surface area contributed by atoms with Crippen molar-refractivity contribution in [1.82, 2.24) is 0 Å². The Bertz CT molecular complexity index is 339. The van der Waals surface area contributed by atoms with Crippen molar-refractivity contribution in [3.8, 4) is 0 Å². The van der Waals surface area contributed by atoms with E-state index >= 15 is 0 Å². The monoisotopic (exact) mass is 204 g/mol. The third kappa shape index (κ3) is 2.05. The minimum absolute atomic E-state index is 0.170. The molecular weight excluding hydrogens is 198 g/mol. The van der Waals surface area contributed by atoms with Gasteiger partial charge in [-0.15, -0.1) is 6.58 Å². The molecule has 0 spiro atoms. The SMILES string of the molecule is C=CC(O)c1cc(F)c(Cl)cc1F. The van der Waals surface area contributed by atoms with Gasteiger partial charge in [0.2, 0.25) is 0 Å². The number of aliphatic hydroxyl groups excluding tert-OH is 1. The van der Waals surface area contributed by atoms with Gasteiger partial charge in [0.1, 0.15) is 11.6 Å². The van der Waals surface area contributed by atoms with Gasteiger partial charge in [0.15, 0.2) is 0 Å². The normalized spacial score (nSPS) is 12.6. The molecule has 0 aliphatic rings. The van der Waals surface area contributed by atoms with Crippen molar-refractivity contribution in [2.24, 2.45) is 0 Å². The number of rotatable bonds is 2. The van der Waals surface area contributed by atoms with Gasteiger partial charge in [-0.3, -0.25) is 0 Å². The quantitative estimate of drug-likeness (QED) is 0.580. The Morgan fingerprint density at radius 2 is 2.00 bits per heavy atom. The van der Waals surface area contributed by atoms with Gasteiger partial charge >= 0.3 is 0 Å². The third-order valence-electron chi connectivity index (χ3n) is 1.58. The summed E-state index contributed by atoms with van der Waals surface area (Å²) < 4.78 is 25.8. The van der Waals surface area contributed by atoms with E-state index in [4.69, 9.17) is 16.7 Å². The standard InChI is InChI=1S/C9H7ClF2O/c1-2-9(13)5-3-8(12)6(10)4-7(5)11/h2-4,9,13H,1H2. The average molecular weight is 205 g/mol. The molecule has 0 saturated heterocycles. The summed E-state index contributed by atoms with van der Waals surface area (Å²) in [7, 11) is 0. The molecule has 13 heavy (non-hydrogen) atoms. The van der Waals surface area contributed by atoms with Gasteiger partial charge in [0.25, 0.3) is 0 Å². The maximum Gasteiger partial charge on any atom is 0.142 e. The lowest BCUT2D eigenvalue weighted by molar-refractivity contribution is 0.223. The summed E-state index contributed by atoms with van der Waals surface area (Å²) in [5.41, 5.74) is -0.170. The Morgan fingerprint density at radius 3 is 2.54 bits per heavy atom. The Hall–Kier alpha value is -0.930. The molecule has 0 aromatic heterocycles. The van der Waals surface area contributed by atoms with Crippen LogP contribution in [-0.4, -0.2) is 5.11 Å². The highest BCUT2D eigenvalue weighted by atomic mass is 35.5. The van der Waals surface area contributed by atoms with Crippen molar-refractivity contribution in [2.75, 3.05) is 0 Å². The van der Waals surface area contributed by atoms with E-state index in [9.17, 15) is 8.78 Å². The predicted molar refractivity (Wildman–Crippen MR) is 46.5 cm³/mol. The zero-order valence-electron chi connectivity index (χ0n) is 6.60. The van der Waals surface area contributed by atoms with Gasteiger partial charge in [-0.05, 0) is 12.1 Å². The highest BCUT2D eigenvalue weighted by Gasteiger charge is 2.13. The van der Waals surface area contributed by atoms with E-state index in [0.29, 0.717) is 0 Å². The van der Waals surface area contributed by atoms with Crippen LogP contribution in [0.1, 0.15) is 11.7 Å². The van der Waals surface area contributed by atoms with Crippen LogP contribution in [0.2, 0.25) is 5.02 Å². The van der Waals surface area contributed by atoms with Crippen LogP contribution in [0.3, 0.4) is 0 Å². The van der Waals surface area contributed by atoms with Crippen LogP contribution >= 0.6 is 11.6 Å². The third-order valence-corrected chi connectivity index (χ3v) is 1.87. The molecule has 1 aromatic rings. The minimum atomic E-state index is -1.22. The van der Waals surface area contributed by atoms with Gasteiger partial charge in [-0.2, -0.15) is 0 Å². The highest BCUT2D eigenvalue weighted by Crippen LogP contribution is 2.24. The molecule has 0 aliphatic carbocycles. The van der Waals surface area contributed by atoms with Crippen molar-refractivity contribution in [3.05, 3.63) is 47.0 Å². The fourth-order valence-electron chi connectivity index (χ4n) is 0.892. The largest absolute Gasteiger partial charge is 0.384 e. The van der Waals surface area contributed by atoms with Crippen LogP contribution in [0.4, 0.5) is 8.78 Å². The molecule has 0 bridgehead atoms. The average Bonchev–Trinajstić information content (AvgIpc) is 2.10. The fourth-order valence-corrected chi connectivity index (χ4v) is 1.04. The lowest BCUT2D eigenvalue weighted by atomic mass is 10.1. The van der Waals surface area contributed by atoms with E-state index in [0.717, 1.165) is 18.2 Å². The van der Waals surface area contributed by atoms with Crippen LogP contribution in [-0.2, 0) is 0 Å². The van der Waals surface area contributed by atoms with E-state index in [2.05, 4.69) is 6.58 Å². The number of hydrogen-bond donors (Lipinski definition) is 1. The number of aliphatic hydroxyl groups is 1. The minimum Gasteiger partial charge on any atom is -0.384 e. The number of benzene rings is 1. The Kier molecular flexibility index (Phi) is 3.01. The molecule has 1 unspecified atom stereocenters. The van der Waals surface area contributed by atoms with Crippen LogP contribution in [0.25, 0.3) is 0 Å². The second-order valence-corrected chi connectivity index (χ2v) is 2.88.